The van der Waals surface area contributed by atoms with Crippen LogP contribution in [-0.4, -0.2) is 52.5 Å². The number of carbonyl (C=O) groups is 1. The van der Waals surface area contributed by atoms with Crippen molar-refractivity contribution in [3.8, 4) is 5.75 Å². The number of nitrogens with one attached hydrogen (secondary N) is 1. The fourth-order valence-corrected chi connectivity index (χ4v) is 6.54. The van der Waals surface area contributed by atoms with E-state index in [1.165, 1.54) is 20.1 Å². The lowest BCUT2D eigenvalue weighted by Gasteiger charge is -2.36. The SMILES string of the molecule is COc1ccc(NC(C)=O)cc1S(=O)(=O)N1c2ccc(C)cc2[C@H]2CN(C)CC[C@@H]21. The van der Waals surface area contributed by atoms with Crippen LogP contribution in [0.2, 0.25) is 0 Å². The van der Waals surface area contributed by atoms with Crippen molar-refractivity contribution in [1.29, 1.82) is 0 Å². The summed E-state index contributed by atoms with van der Waals surface area (Å²) in [6, 6.07) is 10.5. The minimum absolute atomic E-state index is 0.0577. The van der Waals surface area contributed by atoms with Gasteiger partial charge in [0.05, 0.1) is 18.8 Å². The number of fused-ring (bicyclic) bond motifs is 3. The summed E-state index contributed by atoms with van der Waals surface area (Å²) in [5, 5.41) is 2.66. The second-order valence-electron chi connectivity index (χ2n) is 8.13. The van der Waals surface area contributed by atoms with E-state index >= 15 is 0 Å². The van der Waals surface area contributed by atoms with Gasteiger partial charge in [-0.15, -0.1) is 0 Å². The minimum Gasteiger partial charge on any atom is -0.495 e. The Morgan fingerprint density at radius 1 is 1.20 bits per heavy atom. The largest absolute Gasteiger partial charge is 0.495 e. The normalized spacial score (nSPS) is 21.1. The van der Waals surface area contributed by atoms with Gasteiger partial charge < -0.3 is 15.0 Å². The minimum atomic E-state index is -3.92. The van der Waals surface area contributed by atoms with Crippen molar-refractivity contribution in [2.75, 3.05) is 36.9 Å². The number of likely N-dealkylation sites (N-methyl/N-ethyl adjacent to an activating group) is 1. The van der Waals surface area contributed by atoms with Gasteiger partial charge in [-0.3, -0.25) is 9.10 Å². The number of hydrogen-bond donors (Lipinski definition) is 1. The summed E-state index contributed by atoms with van der Waals surface area (Å²) >= 11 is 0. The number of nitrogens with zero attached hydrogens (tertiary/aromatic N) is 2. The third kappa shape index (κ3) is 3.44. The first-order valence-electron chi connectivity index (χ1n) is 10.0. The molecule has 0 unspecified atom stereocenters. The molecule has 0 aliphatic carbocycles. The molecule has 2 aliphatic rings. The molecule has 2 atom stereocenters. The van der Waals surface area contributed by atoms with E-state index in [-0.39, 0.29) is 28.5 Å². The number of aryl methyl sites for hydroxylation is 1. The van der Waals surface area contributed by atoms with Crippen molar-refractivity contribution < 1.29 is 17.9 Å². The standard InChI is InChI=1S/C22H27N3O4S/c1-14-5-7-19-17(11-14)18-13-24(3)10-9-20(18)25(19)30(27,28)22-12-16(23-15(2)26)6-8-21(22)29-4/h5-8,11-12,18,20H,9-10,13H2,1-4H3,(H,23,26)/t18-,20+/m1/s1. The van der Waals surface area contributed by atoms with E-state index in [0.29, 0.717) is 5.69 Å². The lowest BCUT2D eigenvalue weighted by Crippen LogP contribution is -2.47. The predicted molar refractivity (Wildman–Crippen MR) is 117 cm³/mol. The zero-order chi connectivity index (χ0) is 21.6. The number of carbonyl (C=O) groups excluding carboxylic acids is 1. The lowest BCUT2D eigenvalue weighted by molar-refractivity contribution is -0.114. The molecule has 2 aliphatic heterocycles. The summed E-state index contributed by atoms with van der Waals surface area (Å²) in [4.78, 5) is 13.8. The van der Waals surface area contributed by atoms with Gasteiger partial charge in [-0.1, -0.05) is 17.7 Å². The Hall–Kier alpha value is -2.58. The Kier molecular flexibility index (Phi) is 5.23. The highest BCUT2D eigenvalue weighted by Gasteiger charge is 2.47. The molecule has 2 heterocycles. The second kappa shape index (κ2) is 7.59. The average molecular weight is 430 g/mol. The smallest absolute Gasteiger partial charge is 0.268 e. The van der Waals surface area contributed by atoms with Gasteiger partial charge in [0.15, 0.2) is 0 Å². The molecule has 0 saturated carbocycles. The van der Waals surface area contributed by atoms with E-state index < -0.39 is 10.0 Å². The molecule has 7 nitrogen and oxygen atoms in total. The summed E-state index contributed by atoms with van der Waals surface area (Å²) in [6.07, 6.45) is 0.752. The molecule has 1 saturated heterocycles. The Balaban J connectivity index is 1.86. The lowest BCUT2D eigenvalue weighted by atomic mass is 9.89. The molecule has 0 spiro atoms. The van der Waals surface area contributed by atoms with E-state index in [2.05, 4.69) is 23.3 Å². The van der Waals surface area contributed by atoms with Crippen molar-refractivity contribution in [2.45, 2.75) is 37.1 Å². The van der Waals surface area contributed by atoms with Crippen LogP contribution < -0.4 is 14.4 Å². The first-order valence-corrected chi connectivity index (χ1v) is 11.5. The van der Waals surface area contributed by atoms with Gasteiger partial charge >= 0.3 is 0 Å². The molecule has 4 rings (SSSR count). The molecule has 1 amide bonds. The molecule has 1 N–H and O–H groups in total. The molecule has 8 heteroatoms. The highest BCUT2D eigenvalue weighted by atomic mass is 32.2. The molecule has 0 radical (unpaired) electrons. The van der Waals surface area contributed by atoms with Crippen LogP contribution in [0, 0.1) is 6.92 Å². The summed E-state index contributed by atoms with van der Waals surface area (Å²) in [6.45, 7) is 5.07. The van der Waals surface area contributed by atoms with E-state index in [9.17, 15) is 13.2 Å². The zero-order valence-electron chi connectivity index (χ0n) is 17.7. The highest BCUT2D eigenvalue weighted by Crippen LogP contribution is 2.48. The third-order valence-electron chi connectivity index (χ3n) is 5.92. The van der Waals surface area contributed by atoms with Gasteiger partial charge in [0.1, 0.15) is 10.6 Å². The monoisotopic (exact) mass is 429 g/mol. The highest BCUT2D eigenvalue weighted by molar-refractivity contribution is 7.93. The fraction of sp³-hybridized carbons (Fsp3) is 0.409. The molecule has 0 bridgehead atoms. The average Bonchev–Trinajstić information content (AvgIpc) is 3.01. The van der Waals surface area contributed by atoms with Crippen LogP contribution in [0.1, 0.15) is 30.4 Å². The molecular weight excluding hydrogens is 402 g/mol. The number of benzene rings is 2. The van der Waals surface area contributed by atoms with Gasteiger partial charge in [0.25, 0.3) is 10.0 Å². The van der Waals surface area contributed by atoms with Crippen LogP contribution in [0.4, 0.5) is 11.4 Å². The molecule has 30 heavy (non-hydrogen) atoms. The number of piperidine rings is 1. The Bertz CT molecular complexity index is 1100. The third-order valence-corrected chi connectivity index (χ3v) is 7.78. The van der Waals surface area contributed by atoms with E-state index in [1.807, 2.05) is 19.1 Å². The number of hydrogen-bond acceptors (Lipinski definition) is 5. The maximum absolute atomic E-state index is 14.0. The molecule has 2 aromatic rings. The van der Waals surface area contributed by atoms with Crippen molar-refractivity contribution >= 4 is 27.3 Å². The summed E-state index contributed by atoms with van der Waals surface area (Å²) < 4.78 is 34.9. The van der Waals surface area contributed by atoms with E-state index in [4.69, 9.17) is 4.74 Å². The molecule has 2 aromatic carbocycles. The maximum atomic E-state index is 14.0. The van der Waals surface area contributed by atoms with Crippen molar-refractivity contribution in [1.82, 2.24) is 4.90 Å². The topological polar surface area (TPSA) is 78.9 Å². The second-order valence-corrected chi connectivity index (χ2v) is 9.92. The van der Waals surface area contributed by atoms with Gasteiger partial charge in [-0.25, -0.2) is 8.42 Å². The van der Waals surface area contributed by atoms with Crippen molar-refractivity contribution in [3.63, 3.8) is 0 Å². The number of rotatable bonds is 4. The summed E-state index contributed by atoms with van der Waals surface area (Å²) in [5.74, 6) is 0.118. The van der Waals surface area contributed by atoms with Crippen LogP contribution in [0.5, 0.6) is 5.75 Å². The van der Waals surface area contributed by atoms with E-state index in [1.54, 1.807) is 16.4 Å². The van der Waals surface area contributed by atoms with Crippen LogP contribution in [0.3, 0.4) is 0 Å². The van der Waals surface area contributed by atoms with Crippen LogP contribution in [0.25, 0.3) is 0 Å². The Morgan fingerprint density at radius 2 is 1.97 bits per heavy atom. The fourth-order valence-electron chi connectivity index (χ4n) is 4.61. The molecule has 0 aromatic heterocycles. The van der Waals surface area contributed by atoms with Crippen molar-refractivity contribution in [3.05, 3.63) is 47.5 Å². The van der Waals surface area contributed by atoms with Gasteiger partial charge in [0, 0.05) is 25.1 Å². The first kappa shape index (κ1) is 20.7. The number of ether oxygens (including phenoxy) is 1. The number of likely N-dealkylation sites (tertiary alicyclic amines) is 1. The zero-order valence-corrected chi connectivity index (χ0v) is 18.5. The van der Waals surface area contributed by atoms with Crippen LogP contribution >= 0.6 is 0 Å². The first-order chi connectivity index (χ1) is 14.2. The van der Waals surface area contributed by atoms with Gasteiger partial charge in [-0.05, 0) is 56.8 Å². The number of sulfonamides is 1. The summed E-state index contributed by atoms with van der Waals surface area (Å²) in [5.41, 5.74) is 3.35. The number of amides is 1. The number of methoxy groups -OCH3 is 1. The number of anilines is 2. The van der Waals surface area contributed by atoms with Gasteiger partial charge in [-0.2, -0.15) is 0 Å². The van der Waals surface area contributed by atoms with Gasteiger partial charge in [0.2, 0.25) is 5.91 Å². The molecular formula is C22H27N3O4S. The molecule has 1 fully saturated rings. The molecule has 160 valence electrons. The quantitative estimate of drug-likeness (QED) is 0.808. The Labute approximate surface area is 177 Å². The predicted octanol–water partition coefficient (Wildman–Crippen LogP) is 2.96. The van der Waals surface area contributed by atoms with Crippen molar-refractivity contribution in [2.24, 2.45) is 0 Å². The van der Waals surface area contributed by atoms with Crippen LogP contribution in [0.15, 0.2) is 41.3 Å². The van der Waals surface area contributed by atoms with E-state index in [0.717, 1.165) is 36.3 Å². The summed E-state index contributed by atoms with van der Waals surface area (Å²) in [7, 11) is -0.393. The maximum Gasteiger partial charge on any atom is 0.268 e. The Morgan fingerprint density at radius 3 is 2.67 bits per heavy atom. The van der Waals surface area contributed by atoms with Crippen LogP contribution in [-0.2, 0) is 14.8 Å².